The third-order valence-corrected chi connectivity index (χ3v) is 3.98. The highest BCUT2D eigenvalue weighted by Crippen LogP contribution is 2.31. The molecular formula is C15H23N3O. The molecule has 19 heavy (non-hydrogen) atoms. The van der Waals surface area contributed by atoms with Gasteiger partial charge in [0.2, 0.25) is 5.91 Å². The highest BCUT2D eigenvalue weighted by molar-refractivity contribution is 6.01. The monoisotopic (exact) mass is 261 g/mol. The summed E-state index contributed by atoms with van der Waals surface area (Å²) in [5, 5.41) is 0. The van der Waals surface area contributed by atoms with Crippen molar-refractivity contribution in [1.29, 1.82) is 0 Å². The Balaban J connectivity index is 2.22. The van der Waals surface area contributed by atoms with Crippen LogP contribution in [-0.4, -0.2) is 19.0 Å². The lowest BCUT2D eigenvalue weighted by atomic mass is 9.95. The van der Waals surface area contributed by atoms with Crippen LogP contribution in [0.25, 0.3) is 0 Å². The van der Waals surface area contributed by atoms with E-state index in [-0.39, 0.29) is 5.91 Å². The highest BCUT2D eigenvalue weighted by Gasteiger charge is 2.29. The van der Waals surface area contributed by atoms with E-state index in [9.17, 15) is 4.79 Å². The molecule has 0 radical (unpaired) electrons. The zero-order chi connectivity index (χ0) is 14.0. The minimum atomic E-state index is 0.170. The number of hydrogen-bond acceptors (Lipinski definition) is 3. The predicted octanol–water partition coefficient (Wildman–Crippen LogP) is 1.27. The second-order valence-electron chi connectivity index (χ2n) is 5.59. The van der Waals surface area contributed by atoms with Crippen LogP contribution >= 0.6 is 0 Å². The van der Waals surface area contributed by atoms with Crippen LogP contribution < -0.4 is 16.4 Å². The fraction of sp³-hybridized carbons (Fsp3) is 0.533. The van der Waals surface area contributed by atoms with Gasteiger partial charge in [0.1, 0.15) is 0 Å². The van der Waals surface area contributed by atoms with Gasteiger partial charge in [-0.2, -0.15) is 0 Å². The predicted molar refractivity (Wildman–Crippen MR) is 77.8 cm³/mol. The molecule has 1 unspecified atom stereocenters. The van der Waals surface area contributed by atoms with Gasteiger partial charge in [0.05, 0.1) is 6.42 Å². The SMILES string of the molecule is CC(C)C(CN)CN1C(=O)Cc2cc(CN)ccc21. The molecule has 1 aromatic rings. The molecule has 104 valence electrons. The van der Waals surface area contributed by atoms with Crippen LogP contribution in [-0.2, 0) is 17.8 Å². The third kappa shape index (κ3) is 2.80. The van der Waals surface area contributed by atoms with Crippen LogP contribution in [0.15, 0.2) is 18.2 Å². The van der Waals surface area contributed by atoms with Crippen LogP contribution in [0.1, 0.15) is 25.0 Å². The molecule has 1 aliphatic heterocycles. The summed E-state index contributed by atoms with van der Waals surface area (Å²) in [7, 11) is 0. The Hall–Kier alpha value is -1.39. The third-order valence-electron chi connectivity index (χ3n) is 3.98. The van der Waals surface area contributed by atoms with Crippen molar-refractivity contribution in [2.24, 2.45) is 23.3 Å². The lowest BCUT2D eigenvalue weighted by Crippen LogP contribution is -2.37. The normalized spacial score (nSPS) is 16.1. The lowest BCUT2D eigenvalue weighted by Gasteiger charge is -2.26. The van der Waals surface area contributed by atoms with E-state index in [0.29, 0.717) is 37.9 Å². The van der Waals surface area contributed by atoms with Crippen molar-refractivity contribution in [2.75, 3.05) is 18.0 Å². The summed E-state index contributed by atoms with van der Waals surface area (Å²) >= 11 is 0. The van der Waals surface area contributed by atoms with Crippen molar-refractivity contribution in [2.45, 2.75) is 26.8 Å². The average Bonchev–Trinajstić information content (AvgIpc) is 2.70. The van der Waals surface area contributed by atoms with E-state index < -0.39 is 0 Å². The van der Waals surface area contributed by atoms with Crippen molar-refractivity contribution in [3.8, 4) is 0 Å². The fourth-order valence-corrected chi connectivity index (χ4v) is 2.56. The zero-order valence-corrected chi connectivity index (χ0v) is 11.7. The van der Waals surface area contributed by atoms with Crippen molar-refractivity contribution >= 4 is 11.6 Å². The smallest absolute Gasteiger partial charge is 0.231 e. The number of fused-ring (bicyclic) bond motifs is 1. The Kier molecular flexibility index (Phi) is 4.22. The molecule has 0 aliphatic carbocycles. The van der Waals surface area contributed by atoms with E-state index in [4.69, 9.17) is 11.5 Å². The first-order valence-corrected chi connectivity index (χ1v) is 6.89. The number of nitrogens with two attached hydrogens (primary N) is 2. The van der Waals surface area contributed by atoms with Crippen LogP contribution in [0, 0.1) is 11.8 Å². The summed E-state index contributed by atoms with van der Waals surface area (Å²) in [6.07, 6.45) is 0.485. The molecule has 0 saturated heterocycles. The van der Waals surface area contributed by atoms with Gasteiger partial charge in [-0.15, -0.1) is 0 Å². The second kappa shape index (κ2) is 5.72. The van der Waals surface area contributed by atoms with Gasteiger partial charge in [0, 0.05) is 18.8 Å². The van der Waals surface area contributed by atoms with Gasteiger partial charge < -0.3 is 16.4 Å². The number of carbonyl (C=O) groups is 1. The number of amides is 1. The first-order chi connectivity index (χ1) is 9.06. The highest BCUT2D eigenvalue weighted by atomic mass is 16.2. The number of carbonyl (C=O) groups excluding carboxylic acids is 1. The zero-order valence-electron chi connectivity index (χ0n) is 11.7. The Morgan fingerprint density at radius 3 is 2.63 bits per heavy atom. The van der Waals surface area contributed by atoms with Crippen molar-refractivity contribution in [3.63, 3.8) is 0 Å². The average molecular weight is 261 g/mol. The molecule has 1 amide bonds. The van der Waals surface area contributed by atoms with Crippen LogP contribution in [0.5, 0.6) is 0 Å². The minimum Gasteiger partial charge on any atom is -0.330 e. The molecule has 0 bridgehead atoms. The largest absolute Gasteiger partial charge is 0.330 e. The lowest BCUT2D eigenvalue weighted by molar-refractivity contribution is -0.117. The van der Waals surface area contributed by atoms with Gasteiger partial charge in [-0.05, 0) is 35.6 Å². The second-order valence-corrected chi connectivity index (χ2v) is 5.59. The molecule has 2 rings (SSSR count). The quantitative estimate of drug-likeness (QED) is 0.838. The van der Waals surface area contributed by atoms with Gasteiger partial charge in [0.15, 0.2) is 0 Å². The minimum absolute atomic E-state index is 0.170. The van der Waals surface area contributed by atoms with Crippen LogP contribution in [0.3, 0.4) is 0 Å². The molecule has 0 spiro atoms. The molecule has 4 nitrogen and oxygen atoms in total. The Labute approximate surface area is 114 Å². The molecule has 0 saturated carbocycles. The van der Waals surface area contributed by atoms with Crippen molar-refractivity contribution in [3.05, 3.63) is 29.3 Å². The summed E-state index contributed by atoms with van der Waals surface area (Å²) < 4.78 is 0. The number of rotatable bonds is 5. The molecule has 4 N–H and O–H groups in total. The van der Waals surface area contributed by atoms with Gasteiger partial charge in [0.25, 0.3) is 0 Å². The molecule has 1 aromatic carbocycles. The molecule has 1 atom stereocenters. The summed E-state index contributed by atoms with van der Waals surface area (Å²) in [6.45, 7) is 6.13. The number of nitrogens with zero attached hydrogens (tertiary/aromatic N) is 1. The fourth-order valence-electron chi connectivity index (χ4n) is 2.56. The summed E-state index contributed by atoms with van der Waals surface area (Å²) in [4.78, 5) is 14.0. The van der Waals surface area contributed by atoms with E-state index in [1.165, 1.54) is 0 Å². The van der Waals surface area contributed by atoms with Crippen LogP contribution in [0.2, 0.25) is 0 Å². The summed E-state index contributed by atoms with van der Waals surface area (Å²) in [5.74, 6) is 0.984. The Morgan fingerprint density at radius 2 is 2.05 bits per heavy atom. The molecule has 0 fully saturated rings. The van der Waals surface area contributed by atoms with Gasteiger partial charge in [-0.3, -0.25) is 4.79 Å². The maximum atomic E-state index is 12.2. The van der Waals surface area contributed by atoms with E-state index in [1.54, 1.807) is 0 Å². The van der Waals surface area contributed by atoms with E-state index in [1.807, 2.05) is 23.1 Å². The number of benzene rings is 1. The topological polar surface area (TPSA) is 72.3 Å². The molecule has 0 aromatic heterocycles. The maximum absolute atomic E-state index is 12.2. The van der Waals surface area contributed by atoms with E-state index in [0.717, 1.165) is 16.8 Å². The number of anilines is 1. The molecule has 4 heteroatoms. The van der Waals surface area contributed by atoms with Crippen molar-refractivity contribution in [1.82, 2.24) is 0 Å². The van der Waals surface area contributed by atoms with Crippen molar-refractivity contribution < 1.29 is 4.79 Å². The summed E-state index contributed by atoms with van der Waals surface area (Å²) in [5.41, 5.74) is 14.6. The van der Waals surface area contributed by atoms with Gasteiger partial charge in [-0.25, -0.2) is 0 Å². The Morgan fingerprint density at radius 1 is 1.32 bits per heavy atom. The first kappa shape index (κ1) is 14.0. The molecular weight excluding hydrogens is 238 g/mol. The van der Waals surface area contributed by atoms with Crippen LogP contribution in [0.4, 0.5) is 5.69 Å². The van der Waals surface area contributed by atoms with E-state index >= 15 is 0 Å². The Bertz CT molecular complexity index is 470. The number of hydrogen-bond donors (Lipinski definition) is 2. The standard InChI is InChI=1S/C15H23N3O/c1-10(2)13(8-17)9-18-14-4-3-11(7-16)5-12(14)6-15(18)19/h3-5,10,13H,6-9,16-17H2,1-2H3. The van der Waals surface area contributed by atoms with Gasteiger partial charge in [-0.1, -0.05) is 26.0 Å². The maximum Gasteiger partial charge on any atom is 0.231 e. The molecule has 1 heterocycles. The van der Waals surface area contributed by atoms with E-state index in [2.05, 4.69) is 13.8 Å². The molecule has 1 aliphatic rings. The first-order valence-electron chi connectivity index (χ1n) is 6.89. The van der Waals surface area contributed by atoms with Gasteiger partial charge >= 0.3 is 0 Å². The summed E-state index contributed by atoms with van der Waals surface area (Å²) in [6, 6.07) is 6.05.